The fourth-order valence-electron chi connectivity index (χ4n) is 1.68. The summed E-state index contributed by atoms with van der Waals surface area (Å²) in [5.41, 5.74) is 4.98. The van der Waals surface area contributed by atoms with Crippen molar-refractivity contribution in [3.8, 4) is 0 Å². The van der Waals surface area contributed by atoms with Gasteiger partial charge in [0.25, 0.3) is 5.69 Å². The molecule has 8 heteroatoms. The Morgan fingerprint density at radius 1 is 1.63 bits per heavy atom. The number of hydrogen-bond donors (Lipinski definition) is 2. The van der Waals surface area contributed by atoms with Gasteiger partial charge in [-0.3, -0.25) is 10.1 Å². The molecular formula is C11H17N5O3. The molecule has 0 aliphatic heterocycles. The van der Waals surface area contributed by atoms with E-state index in [2.05, 4.69) is 10.1 Å². The number of nitrogens with zero attached hydrogens (tertiary/aromatic N) is 4. The Bertz CT molecular complexity index is 501. The molecule has 1 aromatic rings. The summed E-state index contributed by atoms with van der Waals surface area (Å²) < 4.78 is 0. The summed E-state index contributed by atoms with van der Waals surface area (Å²) in [5.74, 6) is 0.557. The number of rotatable bonds is 5. The Balaban J connectivity index is 3.22. The fourth-order valence-corrected chi connectivity index (χ4v) is 1.68. The fraction of sp³-hybridized carbons (Fsp3) is 0.455. The minimum atomic E-state index is -0.618. The lowest BCUT2D eigenvalue weighted by molar-refractivity contribution is -0.385. The van der Waals surface area contributed by atoms with Crippen molar-refractivity contribution < 1.29 is 10.1 Å². The third kappa shape index (κ3) is 3.54. The largest absolute Gasteiger partial charge is 0.409 e. The first-order valence-corrected chi connectivity index (χ1v) is 5.71. The quantitative estimate of drug-likeness (QED) is 0.272. The van der Waals surface area contributed by atoms with Crippen LogP contribution in [0.15, 0.2) is 17.3 Å². The normalized spacial score (nSPS) is 11.7. The highest BCUT2D eigenvalue weighted by Crippen LogP contribution is 2.21. The molecule has 0 amide bonds. The van der Waals surface area contributed by atoms with Crippen molar-refractivity contribution in [2.45, 2.75) is 13.8 Å². The Morgan fingerprint density at radius 3 is 2.74 bits per heavy atom. The van der Waals surface area contributed by atoms with Crippen LogP contribution >= 0.6 is 0 Å². The van der Waals surface area contributed by atoms with E-state index in [0.29, 0.717) is 11.7 Å². The predicted molar refractivity (Wildman–Crippen MR) is 71.5 cm³/mol. The molecule has 1 rings (SSSR count). The molecule has 0 atom stereocenters. The van der Waals surface area contributed by atoms with Gasteiger partial charge in [-0.25, -0.2) is 4.98 Å². The molecule has 19 heavy (non-hydrogen) atoms. The van der Waals surface area contributed by atoms with Crippen LogP contribution in [0.5, 0.6) is 0 Å². The van der Waals surface area contributed by atoms with Crippen LogP contribution in [0.4, 0.5) is 11.5 Å². The SMILES string of the molecule is CC(C)CN(C)c1ccc([N+](=O)[O-])c(/C(N)=N/O)n1. The third-order valence-corrected chi connectivity index (χ3v) is 2.44. The van der Waals surface area contributed by atoms with Crippen LogP contribution in [0.25, 0.3) is 0 Å². The number of pyridine rings is 1. The zero-order valence-electron chi connectivity index (χ0n) is 11.1. The van der Waals surface area contributed by atoms with E-state index >= 15 is 0 Å². The van der Waals surface area contributed by atoms with Crippen molar-refractivity contribution in [1.82, 2.24) is 4.98 Å². The molecule has 0 unspecified atom stereocenters. The van der Waals surface area contributed by atoms with Crippen molar-refractivity contribution in [3.63, 3.8) is 0 Å². The van der Waals surface area contributed by atoms with Gasteiger partial charge >= 0.3 is 0 Å². The number of nitrogens with two attached hydrogens (primary N) is 1. The average Bonchev–Trinajstić information content (AvgIpc) is 2.36. The topological polar surface area (TPSA) is 118 Å². The summed E-state index contributed by atoms with van der Waals surface area (Å²) >= 11 is 0. The summed E-state index contributed by atoms with van der Waals surface area (Å²) in [5, 5.41) is 22.3. The van der Waals surface area contributed by atoms with E-state index in [1.807, 2.05) is 25.8 Å². The molecule has 1 heterocycles. The van der Waals surface area contributed by atoms with E-state index < -0.39 is 4.92 Å². The molecular weight excluding hydrogens is 250 g/mol. The van der Waals surface area contributed by atoms with Crippen molar-refractivity contribution in [3.05, 3.63) is 27.9 Å². The smallest absolute Gasteiger partial charge is 0.298 e. The van der Waals surface area contributed by atoms with Crippen LogP contribution in [0.3, 0.4) is 0 Å². The maximum atomic E-state index is 10.9. The first-order chi connectivity index (χ1) is 8.86. The van der Waals surface area contributed by atoms with E-state index in [-0.39, 0.29) is 17.2 Å². The molecule has 0 aliphatic rings. The van der Waals surface area contributed by atoms with Crippen LogP contribution < -0.4 is 10.6 Å². The maximum absolute atomic E-state index is 10.9. The van der Waals surface area contributed by atoms with E-state index in [0.717, 1.165) is 6.54 Å². The lowest BCUT2D eigenvalue weighted by atomic mass is 10.2. The molecule has 0 spiro atoms. The molecule has 0 fully saturated rings. The van der Waals surface area contributed by atoms with E-state index in [4.69, 9.17) is 10.9 Å². The number of oxime groups is 1. The molecule has 0 aliphatic carbocycles. The Morgan fingerprint density at radius 2 is 2.26 bits per heavy atom. The first-order valence-electron chi connectivity index (χ1n) is 5.71. The second-order valence-electron chi connectivity index (χ2n) is 4.55. The van der Waals surface area contributed by atoms with Gasteiger partial charge in [0.05, 0.1) is 4.92 Å². The van der Waals surface area contributed by atoms with Gasteiger partial charge in [-0.05, 0) is 12.0 Å². The van der Waals surface area contributed by atoms with Gasteiger partial charge in [0.15, 0.2) is 11.5 Å². The predicted octanol–water partition coefficient (Wildman–Crippen LogP) is 1.18. The monoisotopic (exact) mass is 267 g/mol. The van der Waals surface area contributed by atoms with E-state index in [9.17, 15) is 10.1 Å². The summed E-state index contributed by atoms with van der Waals surface area (Å²) in [4.78, 5) is 16.2. The highest BCUT2D eigenvalue weighted by Gasteiger charge is 2.20. The standard InChI is InChI=1S/C11H17N5O3/c1-7(2)6-15(3)9-5-4-8(16(18)19)10(13-9)11(12)14-17/h4-5,7,17H,6H2,1-3H3,(H2,12,14). The van der Waals surface area contributed by atoms with Crippen molar-refractivity contribution in [2.24, 2.45) is 16.8 Å². The second-order valence-corrected chi connectivity index (χ2v) is 4.55. The van der Waals surface area contributed by atoms with E-state index in [1.54, 1.807) is 0 Å². The zero-order valence-corrected chi connectivity index (χ0v) is 11.1. The molecule has 3 N–H and O–H groups in total. The summed E-state index contributed by atoms with van der Waals surface area (Å²) in [6.07, 6.45) is 0. The highest BCUT2D eigenvalue weighted by atomic mass is 16.6. The van der Waals surface area contributed by atoms with Crippen LogP contribution in [-0.2, 0) is 0 Å². The lowest BCUT2D eigenvalue weighted by Crippen LogP contribution is -2.25. The van der Waals surface area contributed by atoms with Gasteiger partial charge in [0.1, 0.15) is 5.82 Å². The van der Waals surface area contributed by atoms with Crippen molar-refractivity contribution >= 4 is 17.3 Å². The Hall–Kier alpha value is -2.38. The second kappa shape index (κ2) is 5.98. The van der Waals surface area contributed by atoms with Crippen LogP contribution in [0.1, 0.15) is 19.5 Å². The zero-order chi connectivity index (χ0) is 14.6. The minimum Gasteiger partial charge on any atom is -0.409 e. The molecule has 0 saturated carbocycles. The van der Waals surface area contributed by atoms with Gasteiger partial charge in [0, 0.05) is 19.7 Å². The molecule has 0 bridgehead atoms. The average molecular weight is 267 g/mol. The van der Waals surface area contributed by atoms with Gasteiger partial charge in [0.2, 0.25) is 0 Å². The first kappa shape index (κ1) is 14.7. The van der Waals surface area contributed by atoms with Gasteiger partial charge in [-0.2, -0.15) is 0 Å². The molecule has 0 aromatic carbocycles. The van der Waals surface area contributed by atoms with E-state index in [1.165, 1.54) is 12.1 Å². The third-order valence-electron chi connectivity index (χ3n) is 2.44. The maximum Gasteiger partial charge on any atom is 0.298 e. The highest BCUT2D eigenvalue weighted by molar-refractivity contribution is 5.99. The van der Waals surface area contributed by atoms with Crippen LogP contribution in [-0.4, -0.2) is 34.5 Å². The number of amidine groups is 1. The number of hydrogen-bond acceptors (Lipinski definition) is 6. The number of nitro groups is 1. The Kier molecular flexibility index (Phi) is 4.62. The molecule has 8 nitrogen and oxygen atoms in total. The van der Waals surface area contributed by atoms with Crippen LogP contribution in [0, 0.1) is 16.0 Å². The molecule has 0 radical (unpaired) electrons. The number of aromatic nitrogens is 1. The van der Waals surface area contributed by atoms with Crippen LogP contribution in [0.2, 0.25) is 0 Å². The Labute approximate surface area is 110 Å². The summed E-state index contributed by atoms with van der Waals surface area (Å²) in [6, 6.07) is 2.83. The van der Waals surface area contributed by atoms with Gasteiger partial charge < -0.3 is 15.8 Å². The number of anilines is 1. The van der Waals surface area contributed by atoms with Gasteiger partial charge in [-0.1, -0.05) is 19.0 Å². The molecule has 0 saturated heterocycles. The molecule has 1 aromatic heterocycles. The lowest BCUT2D eigenvalue weighted by Gasteiger charge is -2.20. The van der Waals surface area contributed by atoms with Crippen molar-refractivity contribution in [2.75, 3.05) is 18.5 Å². The van der Waals surface area contributed by atoms with Gasteiger partial charge in [-0.15, -0.1) is 0 Å². The summed E-state index contributed by atoms with van der Waals surface area (Å²) in [7, 11) is 1.82. The van der Waals surface area contributed by atoms with Crippen molar-refractivity contribution in [1.29, 1.82) is 0 Å². The molecule has 104 valence electrons. The minimum absolute atomic E-state index is 0.138. The summed E-state index contributed by atoms with van der Waals surface area (Å²) in [6.45, 7) is 4.83.